The van der Waals surface area contributed by atoms with Gasteiger partial charge in [-0.3, -0.25) is 19.2 Å². The molecule has 2 aliphatic heterocycles. The fourth-order valence-electron chi connectivity index (χ4n) is 7.10. The molecule has 0 aromatic carbocycles. The summed E-state index contributed by atoms with van der Waals surface area (Å²) in [5, 5.41) is 14.1. The van der Waals surface area contributed by atoms with Crippen LogP contribution in [-0.4, -0.2) is 65.6 Å². The smallest absolute Gasteiger partial charge is 0.368 e. The van der Waals surface area contributed by atoms with Gasteiger partial charge in [0.15, 0.2) is 0 Å². The zero-order chi connectivity index (χ0) is 30.0. The lowest BCUT2D eigenvalue weighted by molar-refractivity contribution is -0.226. The highest BCUT2D eigenvalue weighted by Gasteiger charge is 2.71. The normalized spacial score (nSPS) is 32.8. The molecular weight excluding hydrogens is 548 g/mol. The van der Waals surface area contributed by atoms with Gasteiger partial charge in [0, 0.05) is 24.9 Å². The summed E-state index contributed by atoms with van der Waals surface area (Å²) in [6, 6.07) is -0.851. The maximum Gasteiger partial charge on any atom is 0.471 e. The first kappa shape index (κ1) is 29.7. The van der Waals surface area contributed by atoms with Crippen molar-refractivity contribution in [2.75, 3.05) is 13.1 Å². The maximum atomic E-state index is 14.1. The Morgan fingerprint density at radius 3 is 2.33 bits per heavy atom. The number of likely N-dealkylation sites (tertiary alicyclic amines) is 1. The second kappa shape index (κ2) is 9.66. The Morgan fingerprint density at radius 2 is 1.82 bits per heavy atom. The fourth-order valence-corrected chi connectivity index (χ4v) is 7.10. The van der Waals surface area contributed by atoms with Gasteiger partial charge in [0.05, 0.1) is 17.4 Å². The van der Waals surface area contributed by atoms with Crippen LogP contribution < -0.4 is 16.4 Å². The lowest BCUT2D eigenvalue weighted by atomic mass is 9.65. The third-order valence-corrected chi connectivity index (χ3v) is 9.23. The Labute approximate surface area is 225 Å². The molecule has 9 nitrogen and oxygen atoms in total. The molecule has 0 radical (unpaired) electrons. The van der Waals surface area contributed by atoms with E-state index in [-0.39, 0.29) is 24.8 Å². The van der Waals surface area contributed by atoms with Crippen LogP contribution in [-0.2, 0) is 19.2 Å². The summed E-state index contributed by atoms with van der Waals surface area (Å²) in [4.78, 5) is 52.4. The highest BCUT2D eigenvalue weighted by molar-refractivity contribution is 5.97. The summed E-state index contributed by atoms with van der Waals surface area (Å²) in [5.74, 6) is -10.1. The Balaban J connectivity index is 1.86. The van der Waals surface area contributed by atoms with E-state index in [1.807, 2.05) is 12.1 Å². The highest BCUT2D eigenvalue weighted by atomic mass is 19.4. The first-order valence-electron chi connectivity index (χ1n) is 12.8. The zero-order valence-electron chi connectivity index (χ0n) is 21.6. The first-order chi connectivity index (χ1) is 18.4. The molecule has 2 bridgehead atoms. The molecule has 0 spiro atoms. The summed E-state index contributed by atoms with van der Waals surface area (Å²) < 4.78 is 81.9. The number of halogens is 6. The van der Waals surface area contributed by atoms with E-state index in [4.69, 9.17) is 5.73 Å². The van der Waals surface area contributed by atoms with E-state index in [1.54, 1.807) is 6.08 Å². The van der Waals surface area contributed by atoms with Crippen LogP contribution in [0.5, 0.6) is 0 Å². The van der Waals surface area contributed by atoms with E-state index in [9.17, 15) is 50.8 Å². The lowest BCUT2D eigenvalue weighted by Crippen LogP contribution is -2.69. The molecule has 4 aliphatic rings. The molecule has 4 N–H and O–H groups in total. The van der Waals surface area contributed by atoms with Crippen LogP contribution in [0.1, 0.15) is 33.1 Å². The van der Waals surface area contributed by atoms with Gasteiger partial charge in [-0.15, -0.1) is 0 Å². The molecule has 220 valence electrons. The predicted molar refractivity (Wildman–Crippen MR) is 124 cm³/mol. The van der Waals surface area contributed by atoms with Gasteiger partial charge in [0.25, 0.3) is 0 Å². The number of nitrogens with zero attached hydrogens (tertiary/aromatic N) is 2. The third-order valence-electron chi connectivity index (χ3n) is 9.23. The second-order valence-corrected chi connectivity index (χ2v) is 11.6. The average Bonchev–Trinajstić information content (AvgIpc) is 3.61. The minimum Gasteiger partial charge on any atom is -0.368 e. The largest absolute Gasteiger partial charge is 0.471 e. The Hall–Kier alpha value is -3.31. The number of amides is 4. The lowest BCUT2D eigenvalue weighted by Gasteiger charge is -2.47. The molecule has 8 atom stereocenters. The monoisotopic (exact) mass is 577 g/mol. The van der Waals surface area contributed by atoms with E-state index in [2.05, 4.69) is 5.32 Å². The van der Waals surface area contributed by atoms with Crippen molar-refractivity contribution in [2.24, 2.45) is 46.7 Å². The maximum absolute atomic E-state index is 14.1. The number of hydrogen-bond acceptors (Lipinski definition) is 5. The first-order valence-corrected chi connectivity index (χ1v) is 12.8. The molecule has 4 rings (SSSR count). The molecule has 15 heteroatoms. The van der Waals surface area contributed by atoms with Gasteiger partial charge in [-0.25, -0.2) is 0 Å². The van der Waals surface area contributed by atoms with Crippen molar-refractivity contribution in [2.45, 2.75) is 57.0 Å². The molecule has 2 saturated heterocycles. The predicted octanol–water partition coefficient (Wildman–Crippen LogP) is 1.79. The molecule has 3 fully saturated rings. The van der Waals surface area contributed by atoms with Gasteiger partial charge in [-0.1, -0.05) is 12.2 Å². The number of allylic oxidation sites excluding steroid dienone is 2. The van der Waals surface area contributed by atoms with Gasteiger partial charge in [-0.05, 0) is 50.9 Å². The molecule has 2 aliphatic carbocycles. The molecule has 40 heavy (non-hydrogen) atoms. The summed E-state index contributed by atoms with van der Waals surface area (Å²) in [5.41, 5.74) is 0.446. The number of carbonyl (C=O) groups excluding carboxylic acids is 4. The number of nitriles is 1. The van der Waals surface area contributed by atoms with Gasteiger partial charge in [-0.2, -0.15) is 31.6 Å². The van der Waals surface area contributed by atoms with Crippen LogP contribution in [0.4, 0.5) is 26.3 Å². The summed E-state index contributed by atoms with van der Waals surface area (Å²) in [6.45, 7) is 0.855. The minimum atomic E-state index is -5.61. The van der Waals surface area contributed by atoms with E-state index in [0.717, 1.165) is 0 Å². The van der Waals surface area contributed by atoms with Crippen molar-refractivity contribution in [1.29, 1.82) is 5.26 Å². The summed E-state index contributed by atoms with van der Waals surface area (Å²) in [6.07, 6.45) is -6.69. The number of nitrogens with two attached hydrogens (primary N) is 1. The fraction of sp³-hybridized carbons (Fsp3) is 0.720. The number of fused-ring (bicyclic) bond motifs is 5. The van der Waals surface area contributed by atoms with Gasteiger partial charge < -0.3 is 21.3 Å². The van der Waals surface area contributed by atoms with E-state index in [0.29, 0.717) is 38.1 Å². The number of nitrogens with one attached hydrogen (secondary N) is 2. The quantitative estimate of drug-likeness (QED) is 0.312. The molecule has 0 aromatic rings. The number of alkyl halides is 6. The van der Waals surface area contributed by atoms with Crippen LogP contribution in [0, 0.1) is 52.3 Å². The third kappa shape index (κ3) is 4.39. The van der Waals surface area contributed by atoms with E-state index in [1.165, 1.54) is 5.32 Å². The number of rotatable bonds is 7. The van der Waals surface area contributed by atoms with Crippen molar-refractivity contribution >= 4 is 23.6 Å². The average molecular weight is 578 g/mol. The Bertz CT molecular complexity index is 1180. The van der Waals surface area contributed by atoms with Gasteiger partial charge in [0.1, 0.15) is 11.6 Å². The van der Waals surface area contributed by atoms with Gasteiger partial charge in [0.2, 0.25) is 17.7 Å². The second-order valence-electron chi connectivity index (χ2n) is 11.6. The standard InChI is InChI=1S/C25H29F6N5O4/c1-22(2,25(29,30)31)17(35-21(40)24(26,27)28)19(38)36-10-15-11-3-4-12(7-11)16(15)23(36,20(33)39)14(9-32)8-13-5-6-34-18(13)37/h3-4,11-17H,5-8,10H2,1-2H3,(H2,33,39)(H,34,37)(H,35,40)/t11?,12?,13-,14-,15?,16?,17-,23?/m1/s1. The zero-order valence-corrected chi connectivity index (χ0v) is 21.6. The van der Waals surface area contributed by atoms with E-state index >= 15 is 0 Å². The number of carbonyl (C=O) groups is 4. The van der Waals surface area contributed by atoms with Crippen LogP contribution in [0.25, 0.3) is 0 Å². The SMILES string of the molecule is CC(C)([C@H](NC(=O)C(F)(F)F)C(=O)N1CC2C3C=CC(C3)C2C1(C(N)=O)[C@@H](C#N)C[C@H]1CCNC1=O)C(F)(F)F. The molecular formula is C25H29F6N5O4. The van der Waals surface area contributed by atoms with Crippen molar-refractivity contribution in [1.82, 2.24) is 15.5 Å². The van der Waals surface area contributed by atoms with Crippen molar-refractivity contribution in [3.63, 3.8) is 0 Å². The minimum absolute atomic E-state index is 0.209. The van der Waals surface area contributed by atoms with Crippen LogP contribution in [0.15, 0.2) is 12.2 Å². The molecule has 1 saturated carbocycles. The van der Waals surface area contributed by atoms with Crippen LogP contribution >= 0.6 is 0 Å². The summed E-state index contributed by atoms with van der Waals surface area (Å²) >= 11 is 0. The van der Waals surface area contributed by atoms with Gasteiger partial charge >= 0.3 is 18.3 Å². The summed E-state index contributed by atoms with van der Waals surface area (Å²) in [7, 11) is 0. The molecule has 5 unspecified atom stereocenters. The van der Waals surface area contributed by atoms with Crippen LogP contribution in [0.2, 0.25) is 0 Å². The highest BCUT2D eigenvalue weighted by Crippen LogP contribution is 2.61. The van der Waals surface area contributed by atoms with Crippen molar-refractivity contribution in [3.05, 3.63) is 12.2 Å². The van der Waals surface area contributed by atoms with Crippen molar-refractivity contribution in [3.8, 4) is 6.07 Å². The van der Waals surface area contributed by atoms with Crippen molar-refractivity contribution < 1.29 is 45.5 Å². The molecule has 4 amide bonds. The van der Waals surface area contributed by atoms with E-state index < -0.39 is 76.6 Å². The Kier molecular flexibility index (Phi) is 7.16. The molecule has 0 aromatic heterocycles. The van der Waals surface area contributed by atoms with Crippen LogP contribution in [0.3, 0.4) is 0 Å². The number of primary amides is 1. The Morgan fingerprint density at radius 1 is 1.20 bits per heavy atom. The topological polar surface area (TPSA) is 145 Å². The molecule has 2 heterocycles. The number of hydrogen-bond donors (Lipinski definition) is 3.